The van der Waals surface area contributed by atoms with Crippen molar-refractivity contribution in [2.75, 3.05) is 5.75 Å². The van der Waals surface area contributed by atoms with Crippen LogP contribution in [0.5, 0.6) is 0 Å². The summed E-state index contributed by atoms with van der Waals surface area (Å²) < 4.78 is 0. The van der Waals surface area contributed by atoms with Crippen LogP contribution >= 0.6 is 11.8 Å². The summed E-state index contributed by atoms with van der Waals surface area (Å²) in [6.07, 6.45) is 9.31. The van der Waals surface area contributed by atoms with Gasteiger partial charge in [0.2, 0.25) is 0 Å². The van der Waals surface area contributed by atoms with E-state index in [0.29, 0.717) is 0 Å². The minimum atomic E-state index is 0.802. The minimum absolute atomic E-state index is 0.802. The van der Waals surface area contributed by atoms with E-state index in [4.69, 9.17) is 0 Å². The zero-order valence-electron chi connectivity index (χ0n) is 7.34. The Morgan fingerprint density at radius 2 is 2.27 bits per heavy atom. The van der Waals surface area contributed by atoms with E-state index in [0.717, 1.165) is 5.92 Å². The summed E-state index contributed by atoms with van der Waals surface area (Å²) in [6, 6.07) is 0. The third-order valence-electron chi connectivity index (χ3n) is 1.54. The van der Waals surface area contributed by atoms with Gasteiger partial charge in [-0.1, -0.05) is 32.1 Å². The average molecular weight is 168 g/mol. The summed E-state index contributed by atoms with van der Waals surface area (Å²) in [5, 5.41) is 0. The second-order valence-electron chi connectivity index (χ2n) is 3.29. The molecule has 0 nitrogen and oxygen atoms in total. The lowest BCUT2D eigenvalue weighted by molar-refractivity contribution is 0.751. The molecule has 0 saturated carbocycles. The van der Waals surface area contributed by atoms with E-state index >= 15 is 0 Å². The molecule has 0 aromatic heterocycles. The van der Waals surface area contributed by atoms with E-state index < -0.39 is 0 Å². The van der Waals surface area contributed by atoms with Crippen molar-refractivity contribution in [3.63, 3.8) is 0 Å². The molecule has 0 amide bonds. The van der Waals surface area contributed by atoms with Gasteiger partial charge in [-0.2, -0.15) is 0 Å². The molecule has 0 radical (unpaired) electrons. The molecule has 1 aliphatic rings. The monoisotopic (exact) mass is 168 g/mol. The van der Waals surface area contributed by atoms with Crippen molar-refractivity contribution in [3.05, 3.63) is 23.1 Å². The van der Waals surface area contributed by atoms with E-state index in [-0.39, 0.29) is 0 Å². The molecule has 0 atom stereocenters. The van der Waals surface area contributed by atoms with E-state index in [2.05, 4.69) is 32.1 Å². The van der Waals surface area contributed by atoms with Crippen LogP contribution in [-0.2, 0) is 0 Å². The lowest BCUT2D eigenvalue weighted by atomic mass is 10.2. The van der Waals surface area contributed by atoms with Crippen LogP contribution in [0.3, 0.4) is 0 Å². The maximum atomic E-state index is 2.34. The fourth-order valence-corrected chi connectivity index (χ4v) is 1.91. The second kappa shape index (κ2) is 4.66. The molecule has 0 aromatic rings. The molecule has 0 saturated heterocycles. The highest BCUT2D eigenvalue weighted by Gasteiger charge is 1.99. The molecule has 0 heterocycles. The van der Waals surface area contributed by atoms with Crippen LogP contribution in [0.25, 0.3) is 0 Å². The molecule has 1 heteroatoms. The quantitative estimate of drug-likeness (QED) is 0.620. The summed E-state index contributed by atoms with van der Waals surface area (Å²) in [7, 11) is 0. The molecule has 1 aliphatic carbocycles. The van der Waals surface area contributed by atoms with Gasteiger partial charge in [0.25, 0.3) is 0 Å². The maximum Gasteiger partial charge on any atom is 0.00290 e. The van der Waals surface area contributed by atoms with Gasteiger partial charge in [-0.3, -0.25) is 0 Å². The Bertz CT molecular complexity index is 166. The number of hydrogen-bond acceptors (Lipinski definition) is 1. The Morgan fingerprint density at radius 3 is 2.82 bits per heavy atom. The van der Waals surface area contributed by atoms with Crippen molar-refractivity contribution in [2.45, 2.75) is 26.7 Å². The van der Waals surface area contributed by atoms with E-state index in [1.54, 1.807) is 0 Å². The Balaban J connectivity index is 2.25. The number of allylic oxidation sites excluding steroid dienone is 3. The molecule has 0 fully saturated rings. The minimum Gasteiger partial charge on any atom is -0.126 e. The zero-order chi connectivity index (χ0) is 8.10. The third-order valence-corrected chi connectivity index (χ3v) is 3.01. The number of rotatable bonds is 3. The molecule has 11 heavy (non-hydrogen) atoms. The van der Waals surface area contributed by atoms with Crippen molar-refractivity contribution in [3.8, 4) is 0 Å². The van der Waals surface area contributed by atoms with E-state index in [9.17, 15) is 0 Å². The van der Waals surface area contributed by atoms with E-state index in [1.165, 1.54) is 23.5 Å². The summed E-state index contributed by atoms with van der Waals surface area (Å²) in [6.45, 7) is 4.53. The molecule has 1 rings (SSSR count). The van der Waals surface area contributed by atoms with Crippen molar-refractivity contribution in [1.82, 2.24) is 0 Å². The fraction of sp³-hybridized carbons (Fsp3) is 0.600. The normalized spacial score (nSPS) is 17.2. The molecule has 0 aromatic carbocycles. The first-order valence-corrected chi connectivity index (χ1v) is 5.27. The van der Waals surface area contributed by atoms with Gasteiger partial charge in [-0.15, -0.1) is 11.8 Å². The Labute approximate surface area is 73.8 Å². The van der Waals surface area contributed by atoms with Gasteiger partial charge in [-0.25, -0.2) is 0 Å². The summed E-state index contributed by atoms with van der Waals surface area (Å²) in [4.78, 5) is 1.46. The lowest BCUT2D eigenvalue weighted by Gasteiger charge is -2.07. The highest BCUT2D eigenvalue weighted by Crippen LogP contribution is 2.23. The Kier molecular flexibility index (Phi) is 3.78. The fourth-order valence-electron chi connectivity index (χ4n) is 0.959. The topological polar surface area (TPSA) is 0 Å². The first-order valence-electron chi connectivity index (χ1n) is 4.28. The van der Waals surface area contributed by atoms with Crippen LogP contribution in [0.4, 0.5) is 0 Å². The zero-order valence-corrected chi connectivity index (χ0v) is 8.16. The first kappa shape index (κ1) is 8.92. The van der Waals surface area contributed by atoms with Gasteiger partial charge in [0.1, 0.15) is 0 Å². The molecule has 62 valence electrons. The molecule has 0 aliphatic heterocycles. The van der Waals surface area contributed by atoms with Crippen LogP contribution in [0.2, 0.25) is 0 Å². The van der Waals surface area contributed by atoms with Crippen LogP contribution in [0, 0.1) is 5.92 Å². The first-order chi connectivity index (χ1) is 5.29. The maximum absolute atomic E-state index is 2.34. The molecular formula is C10H16S. The summed E-state index contributed by atoms with van der Waals surface area (Å²) >= 11 is 1.98. The highest BCUT2D eigenvalue weighted by molar-refractivity contribution is 8.03. The largest absolute Gasteiger partial charge is 0.126 e. The average Bonchev–Trinajstić information content (AvgIpc) is 2.03. The van der Waals surface area contributed by atoms with Gasteiger partial charge in [0.15, 0.2) is 0 Å². The molecule has 0 spiro atoms. The number of thioether (sulfide) groups is 1. The SMILES string of the molecule is CC(C)CSC1=CCCC=C1. The standard InChI is InChI=1S/C10H16S/c1-9(2)8-11-10-6-4-3-5-7-10/h4,6-7,9H,3,5,8H2,1-2H3. The molecule has 0 N–H and O–H groups in total. The van der Waals surface area contributed by atoms with Gasteiger partial charge in [0, 0.05) is 10.7 Å². The van der Waals surface area contributed by atoms with Gasteiger partial charge in [-0.05, 0) is 18.8 Å². The smallest absolute Gasteiger partial charge is 0.00290 e. The molecule has 0 bridgehead atoms. The van der Waals surface area contributed by atoms with Gasteiger partial charge >= 0.3 is 0 Å². The van der Waals surface area contributed by atoms with E-state index in [1.807, 2.05) is 11.8 Å². The Hall–Kier alpha value is -0.170. The van der Waals surface area contributed by atoms with Crippen LogP contribution in [0.15, 0.2) is 23.1 Å². The van der Waals surface area contributed by atoms with Crippen molar-refractivity contribution >= 4 is 11.8 Å². The molecular weight excluding hydrogens is 152 g/mol. The van der Waals surface area contributed by atoms with Gasteiger partial charge in [0.05, 0.1) is 0 Å². The predicted molar refractivity (Wildman–Crippen MR) is 53.8 cm³/mol. The van der Waals surface area contributed by atoms with Crippen molar-refractivity contribution < 1.29 is 0 Å². The second-order valence-corrected chi connectivity index (χ2v) is 4.38. The van der Waals surface area contributed by atoms with Crippen LogP contribution in [0.1, 0.15) is 26.7 Å². The number of hydrogen-bond donors (Lipinski definition) is 0. The third kappa shape index (κ3) is 3.66. The van der Waals surface area contributed by atoms with Crippen molar-refractivity contribution in [2.24, 2.45) is 5.92 Å². The van der Waals surface area contributed by atoms with Crippen LogP contribution in [-0.4, -0.2) is 5.75 Å². The summed E-state index contributed by atoms with van der Waals surface area (Å²) in [5.74, 6) is 2.05. The Morgan fingerprint density at radius 1 is 1.45 bits per heavy atom. The van der Waals surface area contributed by atoms with Crippen molar-refractivity contribution in [1.29, 1.82) is 0 Å². The summed E-state index contributed by atoms with van der Waals surface area (Å²) in [5.41, 5.74) is 0. The van der Waals surface area contributed by atoms with Gasteiger partial charge < -0.3 is 0 Å². The lowest BCUT2D eigenvalue weighted by Crippen LogP contribution is -1.91. The van der Waals surface area contributed by atoms with Crippen LogP contribution < -0.4 is 0 Å². The molecule has 0 unspecified atom stereocenters. The predicted octanol–water partition coefficient (Wildman–Crippen LogP) is 3.61. The highest BCUT2D eigenvalue weighted by atomic mass is 32.2.